The van der Waals surface area contributed by atoms with Crippen LogP contribution in [0.25, 0.3) is 60.6 Å². The monoisotopic (exact) mass is 681 g/mol. The summed E-state index contributed by atoms with van der Waals surface area (Å²) in [5.74, 6) is 1.56. The first-order valence-electron chi connectivity index (χ1n) is 17.6. The van der Waals surface area contributed by atoms with Crippen molar-refractivity contribution in [3.63, 3.8) is 0 Å². The molecular weight excluding hydrogens is 651 g/mol. The van der Waals surface area contributed by atoms with Gasteiger partial charge in [-0.2, -0.15) is 5.26 Å². The lowest BCUT2D eigenvalue weighted by Crippen LogP contribution is -2.35. The van der Waals surface area contributed by atoms with Crippen LogP contribution in [0.2, 0.25) is 0 Å². The van der Waals surface area contributed by atoms with Gasteiger partial charge in [0.05, 0.1) is 22.7 Å². The van der Waals surface area contributed by atoms with Crippen molar-refractivity contribution in [3.8, 4) is 22.9 Å². The molecule has 250 valence electrons. The summed E-state index contributed by atoms with van der Waals surface area (Å²) in [5, 5.41) is 14.2. The van der Waals surface area contributed by atoms with E-state index in [4.69, 9.17) is 14.4 Å². The average molecular weight is 682 g/mol. The van der Waals surface area contributed by atoms with Crippen molar-refractivity contribution in [1.82, 2.24) is 9.47 Å². The molecule has 0 amide bonds. The standard InChI is InChI=1S/C47H31N5O/c1-51-46(32-14-6-3-7-15-32)49-45(31-12-4-2-5-13-31)50-47(51)34-16-10-17-35(27-34)52-41-24-22-30(29-48)26-39(41)40-28-33(23-25-42(40)52)36-19-11-20-38-37-18-8-9-21-43(37)53-44(36)38/h2-28,47H,1H3. The third kappa shape index (κ3) is 5.02. The molecule has 2 aromatic heterocycles. The van der Waals surface area contributed by atoms with Crippen LogP contribution in [0, 0.1) is 11.3 Å². The number of rotatable bonds is 5. The highest BCUT2D eigenvalue weighted by Gasteiger charge is 2.27. The van der Waals surface area contributed by atoms with E-state index in [0.29, 0.717) is 11.4 Å². The van der Waals surface area contributed by atoms with Crippen LogP contribution in [0.3, 0.4) is 0 Å². The van der Waals surface area contributed by atoms with Crippen LogP contribution >= 0.6 is 0 Å². The predicted molar refractivity (Wildman–Crippen MR) is 215 cm³/mol. The molecule has 1 aliphatic heterocycles. The van der Waals surface area contributed by atoms with Gasteiger partial charge >= 0.3 is 0 Å². The van der Waals surface area contributed by atoms with Crippen molar-refractivity contribution < 1.29 is 4.42 Å². The maximum absolute atomic E-state index is 9.93. The number of nitriles is 1. The maximum Gasteiger partial charge on any atom is 0.159 e. The number of nitrogens with zero attached hydrogens (tertiary/aromatic N) is 5. The molecule has 3 heterocycles. The SMILES string of the molecule is CN1C(c2ccccc2)=NC(c2ccccc2)=NC1c1cccc(-n2c3ccc(C#N)cc3c3cc(-c4cccc5c4oc4ccccc45)ccc32)c1. The van der Waals surface area contributed by atoms with Crippen molar-refractivity contribution >= 4 is 55.4 Å². The Labute approximate surface area is 305 Å². The first kappa shape index (κ1) is 30.6. The second kappa shape index (κ2) is 12.2. The van der Waals surface area contributed by atoms with Gasteiger partial charge in [0, 0.05) is 51.0 Å². The van der Waals surface area contributed by atoms with Crippen LogP contribution in [0.4, 0.5) is 0 Å². The third-order valence-corrected chi connectivity index (χ3v) is 10.3. The van der Waals surface area contributed by atoms with Gasteiger partial charge in [0.25, 0.3) is 0 Å². The molecule has 0 saturated carbocycles. The van der Waals surface area contributed by atoms with E-state index in [1.165, 1.54) is 0 Å². The molecule has 0 radical (unpaired) electrons. The van der Waals surface area contributed by atoms with Crippen LogP contribution < -0.4 is 0 Å². The molecule has 1 unspecified atom stereocenters. The molecule has 53 heavy (non-hydrogen) atoms. The minimum atomic E-state index is -0.313. The van der Waals surface area contributed by atoms with Gasteiger partial charge in [0.1, 0.15) is 17.0 Å². The third-order valence-electron chi connectivity index (χ3n) is 10.3. The zero-order chi connectivity index (χ0) is 35.5. The summed E-state index contributed by atoms with van der Waals surface area (Å²) in [6.07, 6.45) is -0.313. The minimum Gasteiger partial charge on any atom is -0.455 e. The summed E-state index contributed by atoms with van der Waals surface area (Å²) in [7, 11) is 2.06. The van der Waals surface area contributed by atoms with E-state index in [1.807, 2.05) is 66.7 Å². The molecule has 0 aliphatic carbocycles. The van der Waals surface area contributed by atoms with Crippen LogP contribution in [-0.4, -0.2) is 28.2 Å². The molecular formula is C47H31N5O. The Bertz CT molecular complexity index is 2980. The Hall–Kier alpha value is -7.23. The topological polar surface area (TPSA) is 69.8 Å². The van der Waals surface area contributed by atoms with Crippen molar-refractivity contribution in [2.45, 2.75) is 6.17 Å². The fourth-order valence-corrected chi connectivity index (χ4v) is 7.74. The van der Waals surface area contributed by atoms with Crippen molar-refractivity contribution in [3.05, 3.63) is 186 Å². The number of fused-ring (bicyclic) bond motifs is 6. The predicted octanol–water partition coefficient (Wildman–Crippen LogP) is 11.1. The first-order chi connectivity index (χ1) is 26.1. The summed E-state index contributed by atoms with van der Waals surface area (Å²) < 4.78 is 8.72. The quantitative estimate of drug-likeness (QED) is 0.182. The Morgan fingerprint density at radius 1 is 0.604 bits per heavy atom. The fourth-order valence-electron chi connectivity index (χ4n) is 7.74. The smallest absolute Gasteiger partial charge is 0.159 e. The maximum atomic E-state index is 9.93. The summed E-state index contributed by atoms with van der Waals surface area (Å²) >= 11 is 0. The highest BCUT2D eigenvalue weighted by Crippen LogP contribution is 2.40. The zero-order valence-corrected chi connectivity index (χ0v) is 28.8. The van der Waals surface area contributed by atoms with E-state index in [2.05, 4.69) is 120 Å². The first-order valence-corrected chi connectivity index (χ1v) is 17.6. The van der Waals surface area contributed by atoms with Crippen molar-refractivity contribution in [2.24, 2.45) is 9.98 Å². The minimum absolute atomic E-state index is 0.313. The molecule has 1 aliphatic rings. The lowest BCUT2D eigenvalue weighted by Gasteiger charge is -2.32. The molecule has 9 aromatic rings. The Morgan fingerprint density at radius 2 is 1.30 bits per heavy atom. The molecule has 6 nitrogen and oxygen atoms in total. The van der Waals surface area contributed by atoms with Gasteiger partial charge in [0.2, 0.25) is 0 Å². The average Bonchev–Trinajstić information content (AvgIpc) is 3.77. The number of hydrogen-bond acceptors (Lipinski definition) is 5. The van der Waals surface area contributed by atoms with Gasteiger partial charge in [-0.05, 0) is 59.7 Å². The van der Waals surface area contributed by atoms with Gasteiger partial charge in [0.15, 0.2) is 12.0 Å². The Morgan fingerprint density at radius 3 is 2.11 bits per heavy atom. The molecule has 0 bridgehead atoms. The van der Waals surface area contributed by atoms with E-state index >= 15 is 0 Å². The van der Waals surface area contributed by atoms with Gasteiger partial charge in [-0.15, -0.1) is 0 Å². The van der Waals surface area contributed by atoms with Gasteiger partial charge in [-0.3, -0.25) is 0 Å². The molecule has 7 aromatic carbocycles. The lowest BCUT2D eigenvalue weighted by atomic mass is 10.00. The second-order valence-corrected chi connectivity index (χ2v) is 13.4. The van der Waals surface area contributed by atoms with Crippen molar-refractivity contribution in [2.75, 3.05) is 7.05 Å². The largest absolute Gasteiger partial charge is 0.455 e. The second-order valence-electron chi connectivity index (χ2n) is 13.4. The van der Waals surface area contributed by atoms with E-state index in [0.717, 1.165) is 83.1 Å². The highest BCUT2D eigenvalue weighted by atomic mass is 16.3. The molecule has 10 rings (SSSR count). The van der Waals surface area contributed by atoms with Crippen LogP contribution in [-0.2, 0) is 0 Å². The summed E-state index contributed by atoms with van der Waals surface area (Å²) in [6.45, 7) is 0. The Balaban J connectivity index is 1.14. The van der Waals surface area contributed by atoms with Crippen LogP contribution in [0.1, 0.15) is 28.4 Å². The van der Waals surface area contributed by atoms with E-state index < -0.39 is 0 Å². The number of furan rings is 1. The summed E-state index contributed by atoms with van der Waals surface area (Å²) in [5.41, 5.74) is 10.6. The lowest BCUT2D eigenvalue weighted by molar-refractivity contribution is 0.383. The van der Waals surface area contributed by atoms with Crippen LogP contribution in [0.5, 0.6) is 0 Å². The van der Waals surface area contributed by atoms with Gasteiger partial charge in [-0.1, -0.05) is 115 Å². The molecule has 0 spiro atoms. The summed E-state index contributed by atoms with van der Waals surface area (Å²) in [4.78, 5) is 12.5. The highest BCUT2D eigenvalue weighted by molar-refractivity contribution is 6.14. The van der Waals surface area contributed by atoms with E-state index in [-0.39, 0.29) is 6.17 Å². The van der Waals surface area contributed by atoms with E-state index in [1.54, 1.807) is 0 Å². The summed E-state index contributed by atoms with van der Waals surface area (Å²) in [6, 6.07) is 58.4. The number of para-hydroxylation sites is 2. The number of hydrogen-bond donors (Lipinski definition) is 0. The van der Waals surface area contributed by atoms with Gasteiger partial charge in [-0.25, -0.2) is 9.98 Å². The molecule has 6 heteroatoms. The molecule has 1 atom stereocenters. The molecule has 0 fully saturated rings. The van der Waals surface area contributed by atoms with Crippen LogP contribution in [0.15, 0.2) is 178 Å². The molecule has 0 saturated heterocycles. The Kier molecular flexibility index (Phi) is 7.05. The normalized spacial score (nSPS) is 14.5. The van der Waals surface area contributed by atoms with Crippen molar-refractivity contribution in [1.29, 1.82) is 5.26 Å². The van der Waals surface area contributed by atoms with E-state index in [9.17, 15) is 5.26 Å². The zero-order valence-electron chi connectivity index (χ0n) is 28.8. The number of aromatic nitrogens is 1. The molecule has 0 N–H and O–H groups in total. The van der Waals surface area contributed by atoms with Gasteiger partial charge < -0.3 is 13.9 Å². The number of aliphatic imine (C=N–C) groups is 2. The number of benzene rings is 7. The fraction of sp³-hybridized carbons (Fsp3) is 0.0426. The number of amidine groups is 2.